The zero-order chi connectivity index (χ0) is 13.2. The van der Waals surface area contributed by atoms with Gasteiger partial charge in [-0.05, 0) is 62.4 Å². The van der Waals surface area contributed by atoms with E-state index < -0.39 is 0 Å². The van der Waals surface area contributed by atoms with Gasteiger partial charge in [-0.25, -0.2) is 0 Å². The Bertz CT molecular complexity index is 446. The maximum atomic E-state index is 6.35. The number of likely N-dealkylation sites (tertiary alicyclic amines) is 1. The Kier molecular flexibility index (Phi) is 4.11. The molecule has 0 saturated carbocycles. The van der Waals surface area contributed by atoms with Crippen LogP contribution in [0.4, 0.5) is 0 Å². The van der Waals surface area contributed by atoms with Crippen LogP contribution in [0.15, 0.2) is 18.2 Å². The maximum absolute atomic E-state index is 6.35. The third-order valence-corrected chi connectivity index (χ3v) is 4.93. The highest BCUT2D eigenvalue weighted by molar-refractivity contribution is 6.31. The van der Waals surface area contributed by atoms with Crippen LogP contribution in [0.2, 0.25) is 5.02 Å². The van der Waals surface area contributed by atoms with Crippen LogP contribution in [0, 0.1) is 12.8 Å². The Balaban J connectivity index is 1.64. The summed E-state index contributed by atoms with van der Waals surface area (Å²) in [5, 5.41) is 4.59. The number of nitrogens with zero attached hydrogens (tertiary/aromatic N) is 1. The highest BCUT2D eigenvalue weighted by Gasteiger charge is 2.30. The molecular formula is C16H23ClN2. The molecule has 0 aliphatic carbocycles. The number of nitrogens with one attached hydrogen (secondary N) is 1. The number of aryl methyl sites for hydroxylation is 1. The number of rotatable bonds is 2. The third kappa shape index (κ3) is 3.13. The van der Waals surface area contributed by atoms with Gasteiger partial charge in [0.2, 0.25) is 0 Å². The molecule has 3 heteroatoms. The first-order valence-corrected chi connectivity index (χ1v) is 7.81. The van der Waals surface area contributed by atoms with Gasteiger partial charge in [-0.2, -0.15) is 0 Å². The Morgan fingerprint density at radius 1 is 1.37 bits per heavy atom. The van der Waals surface area contributed by atoms with E-state index in [1.807, 2.05) is 0 Å². The molecule has 2 heterocycles. The Morgan fingerprint density at radius 3 is 3.11 bits per heavy atom. The molecule has 2 nitrogen and oxygen atoms in total. The first kappa shape index (κ1) is 13.4. The summed E-state index contributed by atoms with van der Waals surface area (Å²) in [6.45, 7) is 6.72. The second-order valence-corrected chi connectivity index (χ2v) is 6.49. The van der Waals surface area contributed by atoms with Crippen molar-refractivity contribution >= 4 is 11.6 Å². The van der Waals surface area contributed by atoms with Crippen molar-refractivity contribution in [1.29, 1.82) is 0 Å². The predicted octanol–water partition coefficient (Wildman–Crippen LogP) is 3.22. The summed E-state index contributed by atoms with van der Waals surface area (Å²) in [5.41, 5.74) is 2.51. The van der Waals surface area contributed by atoms with Gasteiger partial charge >= 0.3 is 0 Å². The van der Waals surface area contributed by atoms with E-state index in [4.69, 9.17) is 11.6 Å². The topological polar surface area (TPSA) is 15.3 Å². The first-order valence-electron chi connectivity index (χ1n) is 7.43. The van der Waals surface area contributed by atoms with Gasteiger partial charge < -0.3 is 5.32 Å². The van der Waals surface area contributed by atoms with Crippen molar-refractivity contribution in [1.82, 2.24) is 10.2 Å². The molecule has 3 rings (SSSR count). The highest BCUT2D eigenvalue weighted by atomic mass is 35.5. The number of piperidine rings is 2. The van der Waals surface area contributed by atoms with Gasteiger partial charge in [-0.15, -0.1) is 0 Å². The van der Waals surface area contributed by atoms with Crippen LogP contribution in [0.5, 0.6) is 0 Å². The van der Waals surface area contributed by atoms with Crippen molar-refractivity contribution < 1.29 is 0 Å². The molecule has 2 saturated heterocycles. The van der Waals surface area contributed by atoms with E-state index in [0.717, 1.165) is 23.5 Å². The molecule has 0 amide bonds. The molecule has 104 valence electrons. The summed E-state index contributed by atoms with van der Waals surface area (Å²) in [4.78, 5) is 2.57. The van der Waals surface area contributed by atoms with Crippen molar-refractivity contribution in [3.05, 3.63) is 34.3 Å². The SMILES string of the molecule is Cc1ccc(CN2CCC3NCCCC3C2)c(Cl)c1. The van der Waals surface area contributed by atoms with Crippen molar-refractivity contribution in [2.45, 2.75) is 38.8 Å². The molecule has 2 aliphatic rings. The fourth-order valence-corrected chi connectivity index (χ4v) is 3.78. The van der Waals surface area contributed by atoms with E-state index in [1.54, 1.807) is 0 Å². The summed E-state index contributed by atoms with van der Waals surface area (Å²) in [6.07, 6.45) is 4.00. The van der Waals surface area contributed by atoms with Gasteiger partial charge in [0.25, 0.3) is 0 Å². The third-order valence-electron chi connectivity index (χ3n) is 4.58. The van der Waals surface area contributed by atoms with Crippen molar-refractivity contribution in [2.75, 3.05) is 19.6 Å². The molecule has 2 unspecified atom stereocenters. The number of hydrogen-bond acceptors (Lipinski definition) is 2. The largest absolute Gasteiger partial charge is 0.314 e. The Labute approximate surface area is 121 Å². The Hall–Kier alpha value is -0.570. The van der Waals surface area contributed by atoms with Gasteiger partial charge in [0.05, 0.1) is 0 Å². The summed E-state index contributed by atoms with van der Waals surface area (Å²) in [5.74, 6) is 0.840. The Morgan fingerprint density at radius 2 is 2.26 bits per heavy atom. The molecule has 19 heavy (non-hydrogen) atoms. The van der Waals surface area contributed by atoms with Gasteiger partial charge in [-0.3, -0.25) is 4.90 Å². The van der Waals surface area contributed by atoms with E-state index in [2.05, 4.69) is 35.3 Å². The lowest BCUT2D eigenvalue weighted by molar-refractivity contribution is 0.109. The fraction of sp³-hybridized carbons (Fsp3) is 0.625. The summed E-state index contributed by atoms with van der Waals surface area (Å²) in [6, 6.07) is 7.18. The fourth-order valence-electron chi connectivity index (χ4n) is 3.49. The summed E-state index contributed by atoms with van der Waals surface area (Å²) < 4.78 is 0. The van der Waals surface area contributed by atoms with Crippen LogP contribution in [0.25, 0.3) is 0 Å². The number of halogens is 1. The van der Waals surface area contributed by atoms with Crippen LogP contribution in [0.3, 0.4) is 0 Å². The standard InChI is InChI=1S/C16H23ClN2/c1-12-4-5-13(15(17)9-12)10-19-8-6-16-14(11-19)3-2-7-18-16/h4-5,9,14,16,18H,2-3,6-8,10-11H2,1H3. The second-order valence-electron chi connectivity index (χ2n) is 6.08. The van der Waals surface area contributed by atoms with Crippen molar-refractivity contribution in [2.24, 2.45) is 5.92 Å². The van der Waals surface area contributed by atoms with Crippen molar-refractivity contribution in [3.63, 3.8) is 0 Å². The summed E-state index contributed by atoms with van der Waals surface area (Å²) in [7, 11) is 0. The molecule has 1 N–H and O–H groups in total. The average Bonchev–Trinajstić information content (AvgIpc) is 2.42. The molecule has 0 radical (unpaired) electrons. The molecule has 0 aromatic heterocycles. The lowest BCUT2D eigenvalue weighted by Gasteiger charge is -2.41. The van der Waals surface area contributed by atoms with E-state index in [-0.39, 0.29) is 0 Å². The molecule has 1 aromatic rings. The monoisotopic (exact) mass is 278 g/mol. The van der Waals surface area contributed by atoms with E-state index in [9.17, 15) is 0 Å². The van der Waals surface area contributed by atoms with Crippen molar-refractivity contribution in [3.8, 4) is 0 Å². The lowest BCUT2D eigenvalue weighted by Crippen LogP contribution is -2.51. The minimum Gasteiger partial charge on any atom is -0.314 e. The van der Waals surface area contributed by atoms with Crippen LogP contribution in [-0.2, 0) is 6.54 Å². The highest BCUT2D eigenvalue weighted by Crippen LogP contribution is 2.27. The van der Waals surface area contributed by atoms with E-state index in [0.29, 0.717) is 0 Å². The number of benzene rings is 1. The molecular weight excluding hydrogens is 256 g/mol. The molecule has 1 aromatic carbocycles. The molecule has 0 bridgehead atoms. The maximum Gasteiger partial charge on any atom is 0.0453 e. The number of fused-ring (bicyclic) bond motifs is 1. The summed E-state index contributed by atoms with van der Waals surface area (Å²) >= 11 is 6.35. The van der Waals surface area contributed by atoms with E-state index in [1.165, 1.54) is 50.0 Å². The van der Waals surface area contributed by atoms with Gasteiger partial charge in [0.1, 0.15) is 0 Å². The average molecular weight is 279 g/mol. The second kappa shape index (κ2) is 5.82. The minimum atomic E-state index is 0.762. The minimum absolute atomic E-state index is 0.762. The van der Waals surface area contributed by atoms with Gasteiger partial charge in [0, 0.05) is 24.2 Å². The quantitative estimate of drug-likeness (QED) is 0.894. The zero-order valence-corrected chi connectivity index (χ0v) is 12.4. The van der Waals surface area contributed by atoms with Crippen LogP contribution >= 0.6 is 11.6 Å². The molecule has 0 spiro atoms. The lowest BCUT2D eigenvalue weighted by atomic mass is 9.85. The van der Waals surface area contributed by atoms with Crippen LogP contribution in [-0.4, -0.2) is 30.6 Å². The number of hydrogen-bond donors (Lipinski definition) is 1. The van der Waals surface area contributed by atoms with Crippen LogP contribution < -0.4 is 5.32 Å². The molecule has 2 atom stereocenters. The normalized spacial score (nSPS) is 28.1. The van der Waals surface area contributed by atoms with Gasteiger partial charge in [-0.1, -0.05) is 23.7 Å². The molecule has 2 aliphatic heterocycles. The van der Waals surface area contributed by atoms with E-state index >= 15 is 0 Å². The zero-order valence-electron chi connectivity index (χ0n) is 11.7. The smallest absolute Gasteiger partial charge is 0.0453 e. The predicted molar refractivity (Wildman–Crippen MR) is 80.6 cm³/mol. The molecule has 2 fully saturated rings. The first-order chi connectivity index (χ1) is 9.22. The van der Waals surface area contributed by atoms with Crippen LogP contribution in [0.1, 0.15) is 30.4 Å². The van der Waals surface area contributed by atoms with Gasteiger partial charge in [0.15, 0.2) is 0 Å².